The number of allylic oxidation sites excluding steroid dienone is 2. The van der Waals surface area contributed by atoms with Gasteiger partial charge in [-0.2, -0.15) is 0 Å². The van der Waals surface area contributed by atoms with Crippen molar-refractivity contribution < 1.29 is 30.0 Å². The molecule has 0 amide bonds. The predicted molar refractivity (Wildman–Crippen MR) is 160 cm³/mol. The number of ketones is 1. The van der Waals surface area contributed by atoms with E-state index in [0.29, 0.717) is 0 Å². The fourth-order valence-electron chi connectivity index (χ4n) is 4.60. The van der Waals surface area contributed by atoms with Crippen LogP contribution in [0.1, 0.15) is 13.8 Å². The first-order valence-electron chi connectivity index (χ1n) is 12.2. The zero-order valence-electron chi connectivity index (χ0n) is 21.1. The molecule has 1 atom stereocenters. The first kappa shape index (κ1) is 27.8. The van der Waals surface area contributed by atoms with E-state index >= 15 is 0 Å². The van der Waals surface area contributed by atoms with Gasteiger partial charge < -0.3 is 5.11 Å². The van der Waals surface area contributed by atoms with E-state index in [0.717, 1.165) is 16.8 Å². The van der Waals surface area contributed by atoms with Gasteiger partial charge in [-0.05, 0) is 53.7 Å². The molecule has 7 rings (SSSR count). The molecule has 2 aliphatic rings. The van der Waals surface area contributed by atoms with Crippen LogP contribution in [-0.4, -0.2) is 15.9 Å². The van der Waals surface area contributed by atoms with Crippen LogP contribution < -0.4 is 15.9 Å². The Labute approximate surface area is 251 Å². The molecule has 3 nitrogen and oxygen atoms in total. The number of pyridine rings is 1. The second-order valence-corrected chi connectivity index (χ2v) is 13.2. The van der Waals surface area contributed by atoms with E-state index in [1.54, 1.807) is 0 Å². The second-order valence-electron chi connectivity index (χ2n) is 8.99. The quantitative estimate of drug-likeness (QED) is 0.0866. The van der Waals surface area contributed by atoms with Gasteiger partial charge in [-0.3, -0.25) is 9.78 Å². The number of hydrogen-bond donors (Lipinski definition) is 1. The van der Waals surface area contributed by atoms with E-state index in [1.807, 2.05) is 29.6 Å². The largest absolute Gasteiger partial charge is 0.512 e. The summed E-state index contributed by atoms with van der Waals surface area (Å²) in [6.45, 7) is 2.85. The van der Waals surface area contributed by atoms with Crippen molar-refractivity contribution in [3.05, 3.63) is 109 Å². The maximum atomic E-state index is 10.0. The molecule has 5 aromatic rings. The van der Waals surface area contributed by atoms with Crippen molar-refractivity contribution in [2.45, 2.75) is 33.4 Å². The van der Waals surface area contributed by atoms with Crippen LogP contribution in [0, 0.1) is 6.07 Å². The average molecular weight is 741 g/mol. The molecule has 2 aliphatic heterocycles. The van der Waals surface area contributed by atoms with E-state index in [9.17, 15) is 4.79 Å². The number of carbonyl (C=O) groups is 1. The molecule has 3 heterocycles. The molecule has 0 bridgehead atoms. The number of rotatable bonds is 2. The minimum atomic E-state index is -0.554. The van der Waals surface area contributed by atoms with Gasteiger partial charge in [0.25, 0.3) is 0 Å². The Balaban J connectivity index is 0.000000345. The van der Waals surface area contributed by atoms with Crippen LogP contribution >= 0.6 is 31.4 Å². The van der Waals surface area contributed by atoms with E-state index in [2.05, 4.69) is 91.0 Å². The third kappa shape index (κ3) is 5.63. The SMILES string of the molecule is CC(=O)/C=C(/C)O.[Ir].[c-]1c(-c2ccc3ccccc3n2)cc2c3c1Sc1ccccc1P3c1ccccc1S2. The second kappa shape index (κ2) is 11.8. The summed E-state index contributed by atoms with van der Waals surface area (Å²) in [6.07, 6.45) is 1.17. The molecule has 0 spiro atoms. The maximum absolute atomic E-state index is 10.0. The van der Waals surface area contributed by atoms with Crippen molar-refractivity contribution in [2.24, 2.45) is 0 Å². The number of aliphatic hydroxyl groups is 1. The Bertz CT molecular complexity index is 1680. The summed E-state index contributed by atoms with van der Waals surface area (Å²) in [7, 11) is -0.554. The normalized spacial score (nSPS) is 14.6. The first-order valence-corrected chi connectivity index (χ1v) is 15.1. The van der Waals surface area contributed by atoms with E-state index in [4.69, 9.17) is 10.1 Å². The fourth-order valence-corrected chi connectivity index (χ4v) is 10.5. The van der Waals surface area contributed by atoms with Crippen molar-refractivity contribution in [1.82, 2.24) is 4.98 Å². The van der Waals surface area contributed by atoms with Crippen LogP contribution in [0.15, 0.2) is 122 Å². The van der Waals surface area contributed by atoms with E-state index in [1.165, 1.54) is 60.8 Å². The molecule has 1 N–H and O–H groups in total. The molecule has 1 unspecified atom stereocenters. The zero-order valence-corrected chi connectivity index (χ0v) is 26.1. The van der Waals surface area contributed by atoms with Gasteiger partial charge in [0.2, 0.25) is 0 Å². The molecule has 0 aliphatic carbocycles. The molecule has 7 heteroatoms. The summed E-state index contributed by atoms with van der Waals surface area (Å²) in [6, 6.07) is 36.4. The molecule has 0 saturated carbocycles. The third-order valence-corrected chi connectivity index (χ3v) is 11.6. The monoisotopic (exact) mass is 741 g/mol. The van der Waals surface area contributed by atoms with Gasteiger partial charge in [-0.1, -0.05) is 89.7 Å². The van der Waals surface area contributed by atoms with E-state index < -0.39 is 7.92 Å². The van der Waals surface area contributed by atoms with Crippen LogP contribution in [-0.2, 0) is 24.9 Å². The van der Waals surface area contributed by atoms with Crippen LogP contribution in [0.25, 0.3) is 22.2 Å². The Morgan fingerprint density at radius 3 is 2.15 bits per heavy atom. The number of para-hydroxylation sites is 1. The third-order valence-electron chi connectivity index (χ3n) is 6.13. The Hall–Kier alpha value is -2.72. The Morgan fingerprint density at radius 2 is 1.49 bits per heavy atom. The predicted octanol–water partition coefficient (Wildman–Crippen LogP) is 7.42. The van der Waals surface area contributed by atoms with Crippen LogP contribution in [0.3, 0.4) is 0 Å². The van der Waals surface area contributed by atoms with E-state index in [-0.39, 0.29) is 31.6 Å². The number of benzene rings is 4. The Morgan fingerprint density at radius 1 is 0.846 bits per heavy atom. The number of fused-ring (bicyclic) bond motifs is 5. The first-order chi connectivity index (χ1) is 18.5. The maximum Gasteiger partial charge on any atom is 0.155 e. The number of nitrogens with zero attached hydrogens (tertiary/aromatic N) is 1. The van der Waals surface area contributed by atoms with Gasteiger partial charge in [0, 0.05) is 36.0 Å². The standard InChI is InChI=1S/C27H15NPS2.C5H8O2.Ir/c1-2-8-19-17(7-1)13-14-20(28-19)18-15-25-27-26(16-18)31-24-12-6-4-10-22(24)29(27)21-9-3-5-11-23(21)30-25;1-4(6)3-5(2)7;/h1-15H;3,6H,1-2H3;/q-1;;/b;4-3-;. The Kier molecular flexibility index (Phi) is 8.42. The number of carbonyl (C=O) groups excluding carboxylic acids is 1. The van der Waals surface area contributed by atoms with Crippen molar-refractivity contribution in [3.8, 4) is 11.3 Å². The molecule has 4 aromatic carbocycles. The molecule has 1 aromatic heterocycles. The van der Waals surface area contributed by atoms with Gasteiger partial charge in [0.05, 0.1) is 11.3 Å². The fraction of sp³-hybridized carbons (Fsp3) is 0.0625. The van der Waals surface area contributed by atoms with Gasteiger partial charge >= 0.3 is 0 Å². The minimum Gasteiger partial charge on any atom is -0.512 e. The van der Waals surface area contributed by atoms with Crippen LogP contribution in [0.4, 0.5) is 0 Å². The van der Waals surface area contributed by atoms with Crippen LogP contribution in [0.2, 0.25) is 0 Å². The van der Waals surface area contributed by atoms with Crippen molar-refractivity contribution >= 4 is 64.0 Å². The smallest absolute Gasteiger partial charge is 0.155 e. The molecular formula is C32H23IrNO2PS2-. The van der Waals surface area contributed by atoms with Crippen molar-refractivity contribution in [2.75, 3.05) is 0 Å². The molecule has 39 heavy (non-hydrogen) atoms. The molecular weight excluding hydrogens is 718 g/mol. The number of hydrogen-bond acceptors (Lipinski definition) is 5. The number of aliphatic hydroxyl groups excluding tert-OH is 1. The van der Waals surface area contributed by atoms with Gasteiger partial charge in [-0.25, -0.2) is 0 Å². The molecule has 195 valence electrons. The average Bonchev–Trinajstić information content (AvgIpc) is 2.92. The summed E-state index contributed by atoms with van der Waals surface area (Å²) in [5.41, 5.74) is 3.09. The summed E-state index contributed by atoms with van der Waals surface area (Å²) in [4.78, 5) is 20.3. The van der Waals surface area contributed by atoms with Crippen molar-refractivity contribution in [1.29, 1.82) is 0 Å². The van der Waals surface area contributed by atoms with Crippen LogP contribution in [0.5, 0.6) is 0 Å². The summed E-state index contributed by atoms with van der Waals surface area (Å²) in [5.74, 6) is -0.0625. The van der Waals surface area contributed by atoms with Gasteiger partial charge in [0.15, 0.2) is 5.78 Å². The zero-order chi connectivity index (χ0) is 26.2. The van der Waals surface area contributed by atoms with Gasteiger partial charge in [-0.15, -0.1) is 41.2 Å². The summed E-state index contributed by atoms with van der Waals surface area (Å²) < 4.78 is 0. The van der Waals surface area contributed by atoms with Crippen molar-refractivity contribution in [3.63, 3.8) is 0 Å². The number of aromatic nitrogens is 1. The topological polar surface area (TPSA) is 50.2 Å². The summed E-state index contributed by atoms with van der Waals surface area (Å²) >= 11 is 3.75. The minimum absolute atomic E-state index is 0. The molecule has 0 saturated heterocycles. The molecule has 1 radical (unpaired) electrons. The molecule has 0 fully saturated rings. The van der Waals surface area contributed by atoms with Gasteiger partial charge in [0.1, 0.15) is 0 Å². The summed E-state index contributed by atoms with van der Waals surface area (Å²) in [5, 5.41) is 13.9.